The molecule has 4 nitrogen and oxygen atoms in total. The molecule has 0 spiro atoms. The molecule has 0 aliphatic rings. The molecule has 0 heterocycles. The van der Waals surface area contributed by atoms with E-state index < -0.39 is 0 Å². The average molecular weight is 321 g/mol. The Morgan fingerprint density at radius 3 is 2.33 bits per heavy atom. The van der Waals surface area contributed by atoms with E-state index in [2.05, 4.69) is 10.0 Å². The SMILES string of the molecule is O=C(NCc1ccccc1)SNC(=O)c1ccc(Cl)cc1. The largest absolute Gasteiger partial charge is 0.341 e. The van der Waals surface area contributed by atoms with E-state index >= 15 is 0 Å². The maximum absolute atomic E-state index is 11.8. The van der Waals surface area contributed by atoms with Crippen molar-refractivity contribution in [2.75, 3.05) is 0 Å². The lowest BCUT2D eigenvalue weighted by molar-refractivity contribution is 0.0984. The van der Waals surface area contributed by atoms with Crippen molar-refractivity contribution in [2.45, 2.75) is 6.54 Å². The molecule has 0 fully saturated rings. The summed E-state index contributed by atoms with van der Waals surface area (Å²) in [6, 6.07) is 16.0. The Labute approximate surface area is 132 Å². The maximum atomic E-state index is 11.8. The molecule has 0 aliphatic heterocycles. The van der Waals surface area contributed by atoms with Gasteiger partial charge in [0.1, 0.15) is 0 Å². The Bertz CT molecular complexity index is 617. The number of carbonyl (C=O) groups excluding carboxylic acids is 2. The topological polar surface area (TPSA) is 58.2 Å². The van der Waals surface area contributed by atoms with Crippen LogP contribution in [-0.4, -0.2) is 11.1 Å². The highest BCUT2D eigenvalue weighted by Crippen LogP contribution is 2.10. The van der Waals surface area contributed by atoms with Crippen LogP contribution in [-0.2, 0) is 6.54 Å². The molecule has 108 valence electrons. The lowest BCUT2D eigenvalue weighted by Crippen LogP contribution is -2.25. The Morgan fingerprint density at radius 1 is 1.00 bits per heavy atom. The van der Waals surface area contributed by atoms with E-state index in [0.717, 1.165) is 17.5 Å². The molecule has 0 saturated heterocycles. The second-order valence-electron chi connectivity index (χ2n) is 4.17. The lowest BCUT2D eigenvalue weighted by atomic mass is 10.2. The Kier molecular flexibility index (Phi) is 5.66. The van der Waals surface area contributed by atoms with Gasteiger partial charge in [-0.05, 0) is 29.8 Å². The van der Waals surface area contributed by atoms with Gasteiger partial charge < -0.3 is 5.32 Å². The van der Waals surface area contributed by atoms with E-state index in [0.29, 0.717) is 17.1 Å². The zero-order valence-corrected chi connectivity index (χ0v) is 12.6. The summed E-state index contributed by atoms with van der Waals surface area (Å²) in [5.74, 6) is -0.341. The molecular formula is C15H13ClN2O2S. The number of hydrogen-bond acceptors (Lipinski definition) is 3. The minimum Gasteiger partial charge on any atom is -0.341 e. The lowest BCUT2D eigenvalue weighted by Gasteiger charge is -2.06. The second kappa shape index (κ2) is 7.71. The molecule has 0 atom stereocenters. The fraction of sp³-hybridized carbons (Fsp3) is 0.0667. The number of amides is 2. The van der Waals surface area contributed by atoms with Gasteiger partial charge in [-0.2, -0.15) is 0 Å². The van der Waals surface area contributed by atoms with Gasteiger partial charge >= 0.3 is 0 Å². The quantitative estimate of drug-likeness (QED) is 0.849. The molecule has 2 N–H and O–H groups in total. The van der Waals surface area contributed by atoms with Gasteiger partial charge in [0.2, 0.25) is 0 Å². The zero-order chi connectivity index (χ0) is 15.1. The van der Waals surface area contributed by atoms with Gasteiger partial charge in [-0.25, -0.2) is 0 Å². The van der Waals surface area contributed by atoms with E-state index in [-0.39, 0.29) is 11.1 Å². The third-order valence-corrected chi connectivity index (χ3v) is 3.49. The normalized spacial score (nSPS) is 9.95. The summed E-state index contributed by atoms with van der Waals surface area (Å²) in [4.78, 5) is 23.4. The van der Waals surface area contributed by atoms with Gasteiger partial charge in [0.25, 0.3) is 11.1 Å². The molecule has 0 unspecified atom stereocenters. The molecule has 0 saturated carbocycles. The van der Waals surface area contributed by atoms with Gasteiger partial charge in [-0.1, -0.05) is 41.9 Å². The van der Waals surface area contributed by atoms with Gasteiger partial charge in [-0.15, -0.1) is 0 Å². The third kappa shape index (κ3) is 5.13. The first-order chi connectivity index (χ1) is 10.1. The molecule has 2 amide bonds. The molecule has 2 aromatic rings. The van der Waals surface area contributed by atoms with Crippen molar-refractivity contribution < 1.29 is 9.59 Å². The average Bonchev–Trinajstić information content (AvgIpc) is 2.52. The van der Waals surface area contributed by atoms with Crippen LogP contribution in [0.1, 0.15) is 15.9 Å². The summed E-state index contributed by atoms with van der Waals surface area (Å²) in [5.41, 5.74) is 1.44. The van der Waals surface area contributed by atoms with Crippen molar-refractivity contribution in [3.8, 4) is 0 Å². The van der Waals surface area contributed by atoms with Gasteiger partial charge in [0.15, 0.2) is 0 Å². The van der Waals surface area contributed by atoms with Crippen LogP contribution in [0.5, 0.6) is 0 Å². The molecule has 0 aromatic heterocycles. The van der Waals surface area contributed by atoms with Crippen LogP contribution in [0.25, 0.3) is 0 Å². The van der Waals surface area contributed by atoms with Gasteiger partial charge in [-0.3, -0.25) is 14.3 Å². The number of halogens is 1. The monoisotopic (exact) mass is 320 g/mol. The summed E-state index contributed by atoms with van der Waals surface area (Å²) in [6.07, 6.45) is 0. The number of nitrogens with one attached hydrogen (secondary N) is 2. The molecule has 2 aromatic carbocycles. The maximum Gasteiger partial charge on any atom is 0.299 e. The Balaban J connectivity index is 1.76. The molecule has 21 heavy (non-hydrogen) atoms. The van der Waals surface area contributed by atoms with E-state index in [1.807, 2.05) is 30.3 Å². The molecule has 0 aliphatic carbocycles. The fourth-order valence-electron chi connectivity index (χ4n) is 1.56. The first-order valence-electron chi connectivity index (χ1n) is 6.19. The van der Waals surface area contributed by atoms with Crippen molar-refractivity contribution >= 4 is 34.7 Å². The van der Waals surface area contributed by atoms with Crippen molar-refractivity contribution in [1.82, 2.24) is 10.0 Å². The minimum absolute atomic E-state index is 0.318. The van der Waals surface area contributed by atoms with Crippen LogP contribution in [0.4, 0.5) is 4.79 Å². The van der Waals surface area contributed by atoms with Crippen molar-refractivity contribution in [3.63, 3.8) is 0 Å². The third-order valence-electron chi connectivity index (χ3n) is 2.62. The van der Waals surface area contributed by atoms with E-state index in [1.165, 1.54) is 0 Å². The van der Waals surface area contributed by atoms with Crippen LogP contribution in [0.15, 0.2) is 54.6 Å². The Morgan fingerprint density at radius 2 is 1.67 bits per heavy atom. The van der Waals surface area contributed by atoms with E-state index in [4.69, 9.17) is 11.6 Å². The second-order valence-corrected chi connectivity index (χ2v) is 5.38. The number of hydrogen-bond donors (Lipinski definition) is 2. The van der Waals surface area contributed by atoms with Crippen molar-refractivity contribution in [2.24, 2.45) is 0 Å². The molecule has 2 rings (SSSR count). The number of benzene rings is 2. The summed E-state index contributed by atoms with van der Waals surface area (Å²) in [7, 11) is 0. The van der Waals surface area contributed by atoms with Crippen LogP contribution in [0.3, 0.4) is 0 Å². The van der Waals surface area contributed by atoms with Crippen LogP contribution < -0.4 is 10.0 Å². The highest BCUT2D eigenvalue weighted by molar-refractivity contribution is 8.12. The van der Waals surface area contributed by atoms with Crippen LogP contribution >= 0.6 is 23.5 Å². The van der Waals surface area contributed by atoms with Crippen molar-refractivity contribution in [3.05, 3.63) is 70.7 Å². The molecule has 0 bridgehead atoms. The standard InChI is InChI=1S/C15H13ClN2O2S/c16-13-8-6-12(7-9-13)14(19)18-21-15(20)17-10-11-4-2-1-3-5-11/h1-9H,10H2,(H,17,20)(H,18,19). The first-order valence-corrected chi connectivity index (χ1v) is 7.39. The number of carbonyl (C=O) groups is 2. The fourth-order valence-corrected chi connectivity index (χ4v) is 2.13. The molecule has 0 radical (unpaired) electrons. The van der Waals surface area contributed by atoms with Crippen molar-refractivity contribution in [1.29, 1.82) is 0 Å². The van der Waals surface area contributed by atoms with Crippen LogP contribution in [0.2, 0.25) is 5.02 Å². The predicted molar refractivity (Wildman–Crippen MR) is 85.2 cm³/mol. The van der Waals surface area contributed by atoms with Gasteiger partial charge in [0.05, 0.1) is 11.9 Å². The van der Waals surface area contributed by atoms with Gasteiger partial charge in [0, 0.05) is 17.1 Å². The minimum atomic E-state index is -0.341. The first kappa shape index (κ1) is 15.4. The summed E-state index contributed by atoms with van der Waals surface area (Å²) in [6.45, 7) is 0.420. The zero-order valence-electron chi connectivity index (χ0n) is 11.0. The molecular weight excluding hydrogens is 308 g/mol. The highest BCUT2D eigenvalue weighted by Gasteiger charge is 2.08. The summed E-state index contributed by atoms with van der Waals surface area (Å²) in [5, 5.41) is 2.94. The number of rotatable bonds is 3. The summed E-state index contributed by atoms with van der Waals surface area (Å²) < 4.78 is 2.48. The predicted octanol–water partition coefficient (Wildman–Crippen LogP) is 3.63. The highest BCUT2D eigenvalue weighted by atomic mass is 35.5. The summed E-state index contributed by atoms with van der Waals surface area (Å²) >= 11 is 6.46. The van der Waals surface area contributed by atoms with Crippen LogP contribution in [0, 0.1) is 0 Å². The Hall–Kier alpha value is -1.98. The smallest absolute Gasteiger partial charge is 0.299 e. The molecule has 6 heteroatoms. The van der Waals surface area contributed by atoms with E-state index in [9.17, 15) is 9.59 Å². The van der Waals surface area contributed by atoms with E-state index in [1.54, 1.807) is 24.3 Å².